The fourth-order valence-corrected chi connectivity index (χ4v) is 16.3. The minimum absolute atomic E-state index is 0.123. The smallest absolute Gasteiger partial charge is 0.207 e. The van der Waals surface area contributed by atoms with E-state index >= 15 is 0 Å². The van der Waals surface area contributed by atoms with Crippen LogP contribution in [0.3, 0.4) is 0 Å². The Morgan fingerprint density at radius 1 is 0.313 bits per heavy atom. The number of fused-ring (bicyclic) bond motifs is 20. The summed E-state index contributed by atoms with van der Waals surface area (Å²) < 4.78 is 0. The van der Waals surface area contributed by atoms with E-state index in [4.69, 9.17) is 26.5 Å². The minimum Gasteiger partial charge on any atom is -0.317 e. The normalized spacial score (nSPS) is 17.6. The highest BCUT2D eigenvalue weighted by Crippen LogP contribution is 2.57. The lowest BCUT2D eigenvalue weighted by Crippen LogP contribution is -2.36. The van der Waals surface area contributed by atoms with Gasteiger partial charge in [0.15, 0.2) is 23.3 Å². The molecule has 20 rings (SSSR count). The summed E-state index contributed by atoms with van der Waals surface area (Å²) in [5, 5.41) is 0. The molecule has 99 heavy (non-hydrogen) atoms. The van der Waals surface area contributed by atoms with Gasteiger partial charge in [-0.05, 0) is 181 Å². The maximum atomic E-state index is 7.43. The molecule has 4 aromatic heterocycles. The second-order valence-electron chi connectivity index (χ2n) is 28.0. The summed E-state index contributed by atoms with van der Waals surface area (Å²) in [6, 6.07) is 79.8. The Kier molecular flexibility index (Phi) is 14.8. The third-order valence-electron chi connectivity index (χ3n) is 20.9. The van der Waals surface area contributed by atoms with E-state index in [1.165, 1.54) is 118 Å². The molecular weight excluding hydrogens is 1220 g/mol. The van der Waals surface area contributed by atoms with Crippen LogP contribution in [0, 0.1) is 41.2 Å². The van der Waals surface area contributed by atoms with Gasteiger partial charge in [-0.15, -0.1) is 0 Å². The van der Waals surface area contributed by atoms with E-state index in [2.05, 4.69) is 306 Å². The first-order valence-corrected chi connectivity index (χ1v) is 34.5. The minimum atomic E-state index is 0.123. The molecule has 4 unspecified atom stereocenters. The number of benzene rings is 8. The number of rotatable bonds is 4. The van der Waals surface area contributed by atoms with Crippen LogP contribution < -0.4 is 39.2 Å². The summed E-state index contributed by atoms with van der Waals surface area (Å²) in [5.74, 6) is 4.12. The van der Waals surface area contributed by atoms with Crippen LogP contribution in [0.5, 0.6) is 0 Å². The molecule has 8 aromatic carbocycles. The van der Waals surface area contributed by atoms with Crippen LogP contribution in [0.1, 0.15) is 76.4 Å². The van der Waals surface area contributed by atoms with Crippen molar-refractivity contribution in [3.63, 3.8) is 0 Å². The van der Waals surface area contributed by atoms with Gasteiger partial charge < -0.3 is 39.2 Å². The molecule has 13 heteroatoms. The highest BCUT2D eigenvalue weighted by Gasteiger charge is 2.48. The molecule has 12 heterocycles. The van der Waals surface area contributed by atoms with Crippen LogP contribution in [0.4, 0.5) is 97.2 Å². The van der Waals surface area contributed by atoms with Crippen molar-refractivity contribution in [2.45, 2.75) is 111 Å². The lowest BCUT2D eigenvalue weighted by Gasteiger charge is -2.28. The maximum absolute atomic E-state index is 7.43. The third kappa shape index (κ3) is 10.1. The van der Waals surface area contributed by atoms with E-state index in [1.807, 2.05) is 36.8 Å². The lowest BCUT2D eigenvalue weighted by atomic mass is 9.86. The van der Waals surface area contributed by atoms with Crippen molar-refractivity contribution in [2.75, 3.05) is 39.2 Å². The van der Waals surface area contributed by atoms with Gasteiger partial charge in [0.2, 0.25) is 5.69 Å². The summed E-state index contributed by atoms with van der Waals surface area (Å²) in [6.07, 6.45) is 12.4. The Hall–Kier alpha value is -11.8. The Balaban J connectivity index is 0.0000000994. The summed E-state index contributed by atoms with van der Waals surface area (Å²) in [5.41, 5.74) is 28.6. The molecule has 8 aliphatic heterocycles. The Morgan fingerprint density at radius 2 is 0.636 bits per heavy atom. The number of anilines is 16. The second-order valence-corrected chi connectivity index (χ2v) is 28.0. The van der Waals surface area contributed by atoms with Crippen LogP contribution in [0.2, 0.25) is 0 Å². The summed E-state index contributed by atoms with van der Waals surface area (Å²) in [4.78, 5) is 41.7. The Labute approximate surface area is 580 Å². The zero-order valence-corrected chi connectivity index (χ0v) is 57.1. The molecule has 486 valence electrons. The molecule has 12 aromatic rings. The number of aryl methyl sites for hydroxylation is 5. The molecule has 4 atom stereocenters. The molecule has 0 saturated carbocycles. The first kappa shape index (κ1) is 60.9. The van der Waals surface area contributed by atoms with E-state index in [9.17, 15) is 0 Å². The topological polar surface area (TPSA) is 81.8 Å². The molecule has 8 aliphatic rings. The predicted octanol–water partition coefficient (Wildman–Crippen LogP) is 20.4. The van der Waals surface area contributed by atoms with Gasteiger partial charge in [0.05, 0.1) is 29.3 Å². The quantitative estimate of drug-likeness (QED) is 0.157. The first-order valence-electron chi connectivity index (χ1n) is 34.5. The van der Waals surface area contributed by atoms with Gasteiger partial charge in [0.25, 0.3) is 0 Å². The van der Waals surface area contributed by atoms with E-state index in [1.54, 1.807) is 6.20 Å². The number of nitrogens with zero attached hydrogens (tertiary/aromatic N) is 13. The molecule has 0 amide bonds. The Bertz CT molecular complexity index is 5050. The molecule has 0 saturated heterocycles. The van der Waals surface area contributed by atoms with Crippen LogP contribution in [0.15, 0.2) is 249 Å². The SMILES string of the molecule is Cc1ccccc1N1c2cccnc2N2c3ccccc3CC12.Cc1ccccc1N1c2ncccc2N2c3ccccc3CC21.Cc1cnc2c(c1)N(c1ccccc1C)C1Cc3ccccc3N21.[C-]#[N+]c1cnc2c(c1)N(c1ccccc1C)C1Cc3cc(C(C)(C)C)ccc3N21. The molecule has 0 N–H and O–H groups in total. The highest BCUT2D eigenvalue weighted by molar-refractivity contribution is 5.94. The van der Waals surface area contributed by atoms with Gasteiger partial charge in [-0.3, -0.25) is 0 Å². The molecule has 13 nitrogen and oxygen atoms in total. The lowest BCUT2D eigenvalue weighted by molar-refractivity contribution is 0.589. The number of para-hydroxylation sites is 7. The van der Waals surface area contributed by atoms with Crippen LogP contribution in [0.25, 0.3) is 4.85 Å². The van der Waals surface area contributed by atoms with Gasteiger partial charge in [-0.1, -0.05) is 160 Å². The van der Waals surface area contributed by atoms with E-state index in [0.717, 1.165) is 54.6 Å². The fraction of sp³-hybridized carbons (Fsp3) is 0.198. The van der Waals surface area contributed by atoms with Crippen LogP contribution in [-0.4, -0.2) is 44.6 Å². The summed E-state index contributed by atoms with van der Waals surface area (Å²) in [6.45, 7) is 25.0. The fourth-order valence-electron chi connectivity index (χ4n) is 16.3. The summed E-state index contributed by atoms with van der Waals surface area (Å²) in [7, 11) is 0. The molecular formula is C86H77N13. The van der Waals surface area contributed by atoms with E-state index < -0.39 is 0 Å². The average molecular weight is 1290 g/mol. The zero-order chi connectivity index (χ0) is 67.4. The molecule has 0 spiro atoms. The van der Waals surface area contributed by atoms with E-state index in [-0.39, 0.29) is 30.1 Å². The molecule has 0 fully saturated rings. The molecule has 0 aliphatic carbocycles. The van der Waals surface area contributed by atoms with Crippen molar-refractivity contribution in [1.82, 2.24) is 19.9 Å². The number of hydrogen-bond acceptors (Lipinski definition) is 12. The van der Waals surface area contributed by atoms with Gasteiger partial charge in [-0.25, -0.2) is 24.8 Å². The van der Waals surface area contributed by atoms with Crippen molar-refractivity contribution in [3.05, 3.63) is 316 Å². The van der Waals surface area contributed by atoms with Crippen molar-refractivity contribution in [1.29, 1.82) is 0 Å². The van der Waals surface area contributed by atoms with E-state index in [0.29, 0.717) is 5.69 Å². The second kappa shape index (κ2) is 24.1. The van der Waals surface area contributed by atoms with Gasteiger partial charge >= 0.3 is 0 Å². The van der Waals surface area contributed by atoms with Crippen molar-refractivity contribution in [2.24, 2.45) is 0 Å². The van der Waals surface area contributed by atoms with Crippen molar-refractivity contribution < 1.29 is 0 Å². The van der Waals surface area contributed by atoms with Gasteiger partial charge in [-0.2, -0.15) is 0 Å². The Morgan fingerprint density at radius 3 is 1.07 bits per heavy atom. The molecule has 0 bridgehead atoms. The largest absolute Gasteiger partial charge is 0.317 e. The summed E-state index contributed by atoms with van der Waals surface area (Å²) >= 11 is 0. The predicted molar refractivity (Wildman–Crippen MR) is 404 cm³/mol. The zero-order valence-electron chi connectivity index (χ0n) is 57.1. The monoisotopic (exact) mass is 1290 g/mol. The van der Waals surface area contributed by atoms with Gasteiger partial charge in [0.1, 0.15) is 24.7 Å². The average Bonchev–Trinajstić information content (AvgIpc) is 1.59. The first-order chi connectivity index (χ1) is 48.3. The molecule has 0 radical (unpaired) electrons. The third-order valence-corrected chi connectivity index (χ3v) is 20.9. The van der Waals surface area contributed by atoms with Crippen LogP contribution in [-0.2, 0) is 31.1 Å². The highest BCUT2D eigenvalue weighted by atomic mass is 15.5. The van der Waals surface area contributed by atoms with Crippen molar-refractivity contribution >= 4 is 97.2 Å². The number of hydrogen-bond donors (Lipinski definition) is 0. The van der Waals surface area contributed by atoms with Crippen LogP contribution >= 0.6 is 0 Å². The standard InChI is InChI=1S/C25H24N4.C21H19N3.2C20H17N3/c1-16-8-6-7-9-20(16)28-22-14-19(26-5)15-27-24(22)29-21-11-10-18(25(2,3)4)12-17(21)13-23(28)29;1-14-11-19-21(22-13-14)24-18-10-6-4-8-16(18)12-20(24)23(19)17-9-5-3-7-15(17)2;1-14-7-2-4-9-16(14)23-19-13-15-8-3-5-10-17(15)22(19)18-11-6-12-21-20(18)23;1-14-7-2-4-9-16(14)22-18-11-6-12-21-20(18)23-17-10-5-3-8-15(17)13-19(22)23/h6-12,14-15,23H,13H2,1-4H3;3-11,13,20H,12H2,1-2H3;2*2-12,19H,13H2,1H3. The number of aromatic nitrogens is 4. The maximum Gasteiger partial charge on any atom is 0.207 e. The van der Waals surface area contributed by atoms with Gasteiger partial charge in [0, 0.05) is 96.0 Å². The number of pyridine rings is 4. The van der Waals surface area contributed by atoms with Crippen molar-refractivity contribution in [3.8, 4) is 0 Å².